The summed E-state index contributed by atoms with van der Waals surface area (Å²) < 4.78 is 0. The summed E-state index contributed by atoms with van der Waals surface area (Å²) in [5, 5.41) is 0. The Labute approximate surface area is 305 Å². The van der Waals surface area contributed by atoms with E-state index >= 15 is 0 Å². The average Bonchev–Trinajstić information content (AvgIpc) is 3.22. The molecule has 0 radical (unpaired) electrons. The predicted molar refractivity (Wildman–Crippen MR) is 221 cm³/mol. The zero-order valence-corrected chi connectivity index (χ0v) is 28.5. The molecule has 8 aromatic carbocycles. The molecule has 0 fully saturated rings. The maximum atomic E-state index is 2.46. The van der Waals surface area contributed by atoms with Crippen LogP contribution in [0.3, 0.4) is 0 Å². The molecule has 0 saturated heterocycles. The first-order valence-corrected chi connectivity index (χ1v) is 17.9. The summed E-state index contributed by atoms with van der Waals surface area (Å²) in [5.41, 5.74) is 16.8. The van der Waals surface area contributed by atoms with Gasteiger partial charge in [0.05, 0.1) is 0 Å². The van der Waals surface area contributed by atoms with Crippen LogP contribution in [-0.2, 0) is 0 Å². The third-order valence-electron chi connectivity index (χ3n) is 10.4. The Bertz CT molecular complexity index is 2370. The highest BCUT2D eigenvalue weighted by molar-refractivity contribution is 7.00. The van der Waals surface area contributed by atoms with Crippen LogP contribution in [0.4, 0.5) is 51.2 Å². The molecule has 0 aliphatic carbocycles. The fraction of sp³-hybridized carbons (Fsp3) is 0. The van der Waals surface area contributed by atoms with Crippen molar-refractivity contribution in [3.63, 3.8) is 0 Å². The SMILES string of the molecule is c1ccc(N(c2ccccc2)c2ccc(-c3cc4c5c(c3)N(c3ccccc3)c3ccccc3B5c3ccccc3N4c3ccccc3)cc2)cc1. The Hall–Kier alpha value is -6.78. The third kappa shape index (κ3) is 4.91. The molecule has 0 amide bonds. The summed E-state index contributed by atoms with van der Waals surface area (Å²) in [7, 11) is 0. The lowest BCUT2D eigenvalue weighted by Crippen LogP contribution is -2.61. The fourth-order valence-electron chi connectivity index (χ4n) is 8.18. The third-order valence-corrected chi connectivity index (χ3v) is 10.4. The summed E-state index contributed by atoms with van der Waals surface area (Å²) in [6, 6.07) is 74.5. The number of fused-ring (bicyclic) bond motifs is 4. The van der Waals surface area contributed by atoms with Crippen molar-refractivity contribution in [2.75, 3.05) is 14.7 Å². The molecule has 52 heavy (non-hydrogen) atoms. The van der Waals surface area contributed by atoms with Crippen molar-refractivity contribution in [1.82, 2.24) is 0 Å². The average molecular weight is 664 g/mol. The van der Waals surface area contributed by atoms with Gasteiger partial charge in [0.15, 0.2) is 0 Å². The van der Waals surface area contributed by atoms with Gasteiger partial charge in [-0.2, -0.15) is 0 Å². The number of nitrogens with zero attached hydrogens (tertiary/aromatic N) is 3. The Balaban J connectivity index is 1.20. The summed E-state index contributed by atoms with van der Waals surface area (Å²) in [6.45, 7) is 0.0963. The number of anilines is 9. The standard InChI is InChI=1S/C48H34BN3/c1-5-17-37(18-6-1)50(38-19-7-2-8-20-38)41-31-29-35(30-32-41)36-33-46-48-47(34-36)52(40-23-11-4-12-24-40)45-28-16-14-26-43(45)49(48)42-25-13-15-27-44(42)51(46)39-21-9-3-10-22-39/h1-34H. The summed E-state index contributed by atoms with van der Waals surface area (Å²) in [4.78, 5) is 7.24. The van der Waals surface area contributed by atoms with E-state index in [9.17, 15) is 0 Å². The molecule has 2 heterocycles. The minimum absolute atomic E-state index is 0.0963. The lowest BCUT2D eigenvalue weighted by atomic mass is 9.33. The lowest BCUT2D eigenvalue weighted by molar-refractivity contribution is 1.25. The minimum atomic E-state index is 0.0963. The van der Waals surface area contributed by atoms with Gasteiger partial charge in [-0.3, -0.25) is 0 Å². The quantitative estimate of drug-likeness (QED) is 0.164. The number of hydrogen-bond donors (Lipinski definition) is 0. The summed E-state index contributed by atoms with van der Waals surface area (Å²) in [6.07, 6.45) is 0. The van der Waals surface area contributed by atoms with E-state index in [1.54, 1.807) is 0 Å². The van der Waals surface area contributed by atoms with E-state index in [0.29, 0.717) is 0 Å². The van der Waals surface area contributed by atoms with E-state index in [4.69, 9.17) is 0 Å². The van der Waals surface area contributed by atoms with Crippen molar-refractivity contribution in [3.8, 4) is 11.1 Å². The van der Waals surface area contributed by atoms with Crippen molar-refractivity contribution in [3.05, 3.63) is 206 Å². The fourth-order valence-corrected chi connectivity index (χ4v) is 8.18. The molecule has 4 heteroatoms. The molecule has 0 aromatic heterocycles. The first-order valence-electron chi connectivity index (χ1n) is 17.9. The van der Waals surface area contributed by atoms with Gasteiger partial charge in [-0.05, 0) is 112 Å². The highest BCUT2D eigenvalue weighted by Gasteiger charge is 2.43. The molecule has 2 aliphatic rings. The van der Waals surface area contributed by atoms with Crippen LogP contribution < -0.4 is 31.1 Å². The number of para-hydroxylation sites is 6. The van der Waals surface area contributed by atoms with Gasteiger partial charge in [-0.15, -0.1) is 0 Å². The summed E-state index contributed by atoms with van der Waals surface area (Å²) in [5.74, 6) is 0. The molecule has 10 rings (SSSR count). The maximum Gasteiger partial charge on any atom is 0.252 e. The Morgan fingerprint density at radius 1 is 0.327 bits per heavy atom. The van der Waals surface area contributed by atoms with Crippen LogP contribution in [0.1, 0.15) is 0 Å². The molecule has 0 bridgehead atoms. The van der Waals surface area contributed by atoms with Crippen LogP contribution in [0, 0.1) is 0 Å². The maximum absolute atomic E-state index is 2.46. The zero-order valence-electron chi connectivity index (χ0n) is 28.5. The molecule has 8 aromatic rings. The molecular weight excluding hydrogens is 629 g/mol. The monoisotopic (exact) mass is 663 g/mol. The van der Waals surface area contributed by atoms with Gasteiger partial charge in [0.1, 0.15) is 0 Å². The number of hydrogen-bond acceptors (Lipinski definition) is 3. The number of benzene rings is 8. The van der Waals surface area contributed by atoms with Crippen LogP contribution in [0.5, 0.6) is 0 Å². The van der Waals surface area contributed by atoms with E-state index in [-0.39, 0.29) is 6.71 Å². The highest BCUT2D eigenvalue weighted by atomic mass is 15.2. The van der Waals surface area contributed by atoms with Gasteiger partial charge in [0, 0.05) is 51.2 Å². The van der Waals surface area contributed by atoms with Gasteiger partial charge >= 0.3 is 0 Å². The molecule has 0 unspecified atom stereocenters. The van der Waals surface area contributed by atoms with Gasteiger partial charge < -0.3 is 14.7 Å². The summed E-state index contributed by atoms with van der Waals surface area (Å²) >= 11 is 0. The molecule has 0 N–H and O–H groups in total. The molecule has 0 atom stereocenters. The number of rotatable bonds is 6. The molecular formula is C48H34BN3. The molecule has 2 aliphatic heterocycles. The van der Waals surface area contributed by atoms with E-state index < -0.39 is 0 Å². The zero-order chi connectivity index (χ0) is 34.4. The van der Waals surface area contributed by atoms with Crippen molar-refractivity contribution in [1.29, 1.82) is 0 Å². The molecule has 244 valence electrons. The van der Waals surface area contributed by atoms with Crippen molar-refractivity contribution < 1.29 is 0 Å². The topological polar surface area (TPSA) is 9.72 Å². The van der Waals surface area contributed by atoms with Crippen molar-refractivity contribution in [2.24, 2.45) is 0 Å². The Morgan fingerprint density at radius 3 is 1.17 bits per heavy atom. The molecule has 0 saturated carbocycles. The van der Waals surface area contributed by atoms with Crippen LogP contribution in [-0.4, -0.2) is 6.71 Å². The highest BCUT2D eigenvalue weighted by Crippen LogP contribution is 2.46. The van der Waals surface area contributed by atoms with Gasteiger partial charge in [-0.1, -0.05) is 121 Å². The van der Waals surface area contributed by atoms with Crippen LogP contribution in [0.15, 0.2) is 206 Å². The predicted octanol–water partition coefficient (Wildman–Crippen LogP) is 10.9. The molecule has 3 nitrogen and oxygen atoms in total. The van der Waals surface area contributed by atoms with Gasteiger partial charge in [-0.25, -0.2) is 0 Å². The first-order chi connectivity index (χ1) is 25.8. The van der Waals surface area contributed by atoms with Gasteiger partial charge in [0.2, 0.25) is 0 Å². The largest absolute Gasteiger partial charge is 0.311 e. The van der Waals surface area contributed by atoms with Crippen LogP contribution in [0.2, 0.25) is 0 Å². The van der Waals surface area contributed by atoms with Crippen LogP contribution in [0.25, 0.3) is 11.1 Å². The van der Waals surface area contributed by atoms with E-state index in [0.717, 1.165) is 28.4 Å². The van der Waals surface area contributed by atoms with Crippen LogP contribution >= 0.6 is 0 Å². The Kier molecular flexibility index (Phi) is 7.25. The van der Waals surface area contributed by atoms with Gasteiger partial charge in [0.25, 0.3) is 6.71 Å². The second-order valence-corrected chi connectivity index (χ2v) is 13.4. The first kappa shape index (κ1) is 30.1. The minimum Gasteiger partial charge on any atom is -0.311 e. The second-order valence-electron chi connectivity index (χ2n) is 13.4. The molecule has 0 spiro atoms. The van der Waals surface area contributed by atoms with Crippen molar-refractivity contribution >= 4 is 74.3 Å². The lowest BCUT2D eigenvalue weighted by Gasteiger charge is -2.44. The van der Waals surface area contributed by atoms with Crippen molar-refractivity contribution in [2.45, 2.75) is 0 Å². The van der Waals surface area contributed by atoms with E-state index in [1.807, 2.05) is 0 Å². The smallest absolute Gasteiger partial charge is 0.252 e. The Morgan fingerprint density at radius 2 is 0.712 bits per heavy atom. The second kappa shape index (κ2) is 12.5. The normalized spacial score (nSPS) is 12.5. The van der Waals surface area contributed by atoms with E-state index in [2.05, 4.69) is 221 Å². The van der Waals surface area contributed by atoms with E-state index in [1.165, 1.54) is 50.3 Å².